The molecule has 2 aromatic rings. The highest BCUT2D eigenvalue weighted by Gasteiger charge is 2.16. The van der Waals surface area contributed by atoms with Crippen LogP contribution in [0.15, 0.2) is 28.1 Å². The Bertz CT molecular complexity index is 505. The molecule has 1 aromatic carbocycles. The van der Waals surface area contributed by atoms with E-state index < -0.39 is 0 Å². The largest absolute Gasteiger partial charge is 0.320 e. The quantitative estimate of drug-likeness (QED) is 0.869. The topological polar surface area (TPSA) is 26.0 Å². The lowest BCUT2D eigenvalue weighted by Crippen LogP contribution is -2.13. The maximum Gasteiger partial charge on any atom is 0.0731 e. The zero-order valence-electron chi connectivity index (χ0n) is 10.3. The first kappa shape index (κ1) is 12.8. The van der Waals surface area contributed by atoms with Gasteiger partial charge in [0.15, 0.2) is 0 Å². The third kappa shape index (κ3) is 2.46. The van der Waals surface area contributed by atoms with E-state index in [-0.39, 0.29) is 6.04 Å². The van der Waals surface area contributed by atoms with Crippen LogP contribution in [0, 0.1) is 20.8 Å². The fourth-order valence-electron chi connectivity index (χ4n) is 2.10. The molecular weight excluding hydrogens is 294 g/mol. The second-order valence-corrected chi connectivity index (χ2v) is 6.79. The Hall–Kier alpha value is -0.640. The van der Waals surface area contributed by atoms with Crippen LogP contribution in [-0.2, 0) is 0 Å². The summed E-state index contributed by atoms with van der Waals surface area (Å²) in [7, 11) is 0. The summed E-state index contributed by atoms with van der Waals surface area (Å²) < 4.78 is 1.18. The van der Waals surface area contributed by atoms with Crippen molar-refractivity contribution in [1.29, 1.82) is 0 Å². The number of thiophene rings is 1. The second kappa shape index (κ2) is 4.92. The summed E-state index contributed by atoms with van der Waals surface area (Å²) in [6.07, 6.45) is 0. The normalized spacial score (nSPS) is 12.8. The van der Waals surface area contributed by atoms with Crippen LogP contribution in [0.2, 0.25) is 0 Å². The fourth-order valence-corrected chi connectivity index (χ4v) is 3.68. The van der Waals surface area contributed by atoms with Gasteiger partial charge >= 0.3 is 0 Å². The Morgan fingerprint density at radius 1 is 1.12 bits per heavy atom. The van der Waals surface area contributed by atoms with Gasteiger partial charge < -0.3 is 5.73 Å². The predicted octanol–water partition coefficient (Wildman–Crippen LogP) is 4.48. The molecule has 2 rings (SSSR count). The van der Waals surface area contributed by atoms with Crippen molar-refractivity contribution in [3.8, 4) is 0 Å². The van der Waals surface area contributed by atoms with Crippen molar-refractivity contribution < 1.29 is 0 Å². The SMILES string of the molecule is Cc1cc(C(N)c2c(C)cccc2C)sc1Br. The van der Waals surface area contributed by atoms with Crippen LogP contribution in [0.1, 0.15) is 33.2 Å². The molecule has 1 aromatic heterocycles. The Morgan fingerprint density at radius 3 is 2.18 bits per heavy atom. The van der Waals surface area contributed by atoms with E-state index in [0.29, 0.717) is 0 Å². The Labute approximate surface area is 115 Å². The highest BCUT2D eigenvalue weighted by Crippen LogP contribution is 2.34. The van der Waals surface area contributed by atoms with Crippen molar-refractivity contribution >= 4 is 27.3 Å². The van der Waals surface area contributed by atoms with Crippen LogP contribution in [0.5, 0.6) is 0 Å². The molecule has 1 unspecified atom stereocenters. The highest BCUT2D eigenvalue weighted by atomic mass is 79.9. The monoisotopic (exact) mass is 309 g/mol. The van der Waals surface area contributed by atoms with Gasteiger partial charge in [-0.25, -0.2) is 0 Å². The molecule has 0 bridgehead atoms. The van der Waals surface area contributed by atoms with E-state index in [1.54, 1.807) is 11.3 Å². The molecule has 90 valence electrons. The van der Waals surface area contributed by atoms with Gasteiger partial charge in [0.1, 0.15) is 0 Å². The Balaban J connectivity index is 2.47. The summed E-state index contributed by atoms with van der Waals surface area (Å²) in [5.74, 6) is 0. The number of hydrogen-bond donors (Lipinski definition) is 1. The number of nitrogens with two attached hydrogens (primary N) is 1. The minimum absolute atomic E-state index is 0.0220. The molecule has 0 aliphatic carbocycles. The molecule has 1 heterocycles. The van der Waals surface area contributed by atoms with E-state index in [4.69, 9.17) is 5.73 Å². The van der Waals surface area contributed by atoms with Crippen molar-refractivity contribution in [1.82, 2.24) is 0 Å². The van der Waals surface area contributed by atoms with Crippen LogP contribution in [-0.4, -0.2) is 0 Å². The van der Waals surface area contributed by atoms with Gasteiger partial charge in [-0.05, 0) is 65.0 Å². The van der Waals surface area contributed by atoms with E-state index in [1.807, 2.05) is 0 Å². The molecular formula is C14H16BrNS. The first-order valence-electron chi connectivity index (χ1n) is 5.58. The molecule has 0 saturated carbocycles. The standard InChI is InChI=1S/C14H16BrNS/c1-8-5-4-6-9(2)12(8)13(16)11-7-10(3)14(15)17-11/h4-7,13H,16H2,1-3H3. The fraction of sp³-hybridized carbons (Fsp3) is 0.286. The van der Waals surface area contributed by atoms with Crippen molar-refractivity contribution in [2.45, 2.75) is 26.8 Å². The second-order valence-electron chi connectivity index (χ2n) is 4.39. The maximum atomic E-state index is 6.39. The van der Waals surface area contributed by atoms with Crippen LogP contribution >= 0.6 is 27.3 Å². The minimum Gasteiger partial charge on any atom is -0.320 e. The average Bonchev–Trinajstić information content (AvgIpc) is 2.59. The maximum absolute atomic E-state index is 6.39. The van der Waals surface area contributed by atoms with E-state index in [0.717, 1.165) is 0 Å². The number of benzene rings is 1. The van der Waals surface area contributed by atoms with Gasteiger partial charge in [0, 0.05) is 4.88 Å². The minimum atomic E-state index is -0.0220. The van der Waals surface area contributed by atoms with Crippen LogP contribution in [0.25, 0.3) is 0 Å². The summed E-state index contributed by atoms with van der Waals surface area (Å²) in [6.45, 7) is 6.34. The van der Waals surface area contributed by atoms with E-state index >= 15 is 0 Å². The molecule has 1 atom stereocenters. The smallest absolute Gasteiger partial charge is 0.0731 e. The van der Waals surface area contributed by atoms with Crippen molar-refractivity contribution in [2.24, 2.45) is 5.73 Å². The first-order chi connectivity index (χ1) is 8.00. The van der Waals surface area contributed by atoms with Crippen molar-refractivity contribution in [3.63, 3.8) is 0 Å². The Morgan fingerprint density at radius 2 is 1.71 bits per heavy atom. The lowest BCUT2D eigenvalue weighted by Gasteiger charge is -2.16. The molecule has 17 heavy (non-hydrogen) atoms. The van der Waals surface area contributed by atoms with Gasteiger partial charge in [-0.3, -0.25) is 0 Å². The van der Waals surface area contributed by atoms with Gasteiger partial charge in [0.2, 0.25) is 0 Å². The predicted molar refractivity (Wildman–Crippen MR) is 78.7 cm³/mol. The number of halogens is 1. The zero-order valence-corrected chi connectivity index (χ0v) is 12.7. The van der Waals surface area contributed by atoms with Crippen LogP contribution in [0.4, 0.5) is 0 Å². The summed E-state index contributed by atoms with van der Waals surface area (Å²) in [4.78, 5) is 1.21. The molecule has 3 heteroatoms. The van der Waals surface area contributed by atoms with Gasteiger partial charge in [0.05, 0.1) is 9.83 Å². The molecule has 0 spiro atoms. The highest BCUT2D eigenvalue weighted by molar-refractivity contribution is 9.11. The summed E-state index contributed by atoms with van der Waals surface area (Å²) in [5.41, 5.74) is 11.4. The van der Waals surface area contributed by atoms with Crippen molar-refractivity contribution in [3.05, 3.63) is 55.2 Å². The number of rotatable bonds is 2. The first-order valence-corrected chi connectivity index (χ1v) is 7.19. The van der Waals surface area contributed by atoms with Crippen molar-refractivity contribution in [2.75, 3.05) is 0 Å². The molecule has 0 amide bonds. The molecule has 0 aliphatic heterocycles. The zero-order chi connectivity index (χ0) is 12.6. The number of hydrogen-bond acceptors (Lipinski definition) is 2. The third-order valence-electron chi connectivity index (χ3n) is 3.04. The van der Waals surface area contributed by atoms with Gasteiger partial charge in [-0.2, -0.15) is 0 Å². The van der Waals surface area contributed by atoms with Crippen LogP contribution in [0.3, 0.4) is 0 Å². The van der Waals surface area contributed by atoms with Gasteiger partial charge in [-0.15, -0.1) is 11.3 Å². The molecule has 0 saturated heterocycles. The molecule has 0 radical (unpaired) electrons. The lowest BCUT2D eigenvalue weighted by atomic mass is 9.95. The molecule has 1 nitrogen and oxygen atoms in total. The van der Waals surface area contributed by atoms with E-state index in [1.165, 1.54) is 30.9 Å². The van der Waals surface area contributed by atoms with Gasteiger partial charge in [-0.1, -0.05) is 18.2 Å². The summed E-state index contributed by atoms with van der Waals surface area (Å²) >= 11 is 5.28. The molecule has 0 aliphatic rings. The Kier molecular flexibility index (Phi) is 3.71. The van der Waals surface area contributed by atoms with Gasteiger partial charge in [0.25, 0.3) is 0 Å². The third-order valence-corrected chi connectivity index (χ3v) is 5.26. The van der Waals surface area contributed by atoms with E-state index in [9.17, 15) is 0 Å². The van der Waals surface area contributed by atoms with E-state index in [2.05, 4.69) is 61.0 Å². The molecule has 0 fully saturated rings. The molecule has 2 N–H and O–H groups in total. The summed E-state index contributed by atoms with van der Waals surface area (Å²) in [6, 6.07) is 8.48. The average molecular weight is 310 g/mol. The van der Waals surface area contributed by atoms with Crippen LogP contribution < -0.4 is 5.73 Å². The lowest BCUT2D eigenvalue weighted by molar-refractivity contribution is 0.870. The number of aryl methyl sites for hydroxylation is 3. The summed E-state index contributed by atoms with van der Waals surface area (Å²) in [5, 5.41) is 0.